The fourth-order valence-corrected chi connectivity index (χ4v) is 0.987. The van der Waals surface area contributed by atoms with E-state index in [1.54, 1.807) is 0 Å². The summed E-state index contributed by atoms with van der Waals surface area (Å²) in [5.74, 6) is 0. The molecule has 0 atom stereocenters. The maximum atomic E-state index is 5.61. The molecule has 1 rings (SSSR count). The summed E-state index contributed by atoms with van der Waals surface area (Å²) in [5, 5.41) is 0.442. The molecule has 0 unspecified atom stereocenters. The molecule has 0 aliphatic rings. The first-order valence-corrected chi connectivity index (χ1v) is 4.19. The van der Waals surface area contributed by atoms with Crippen LogP contribution < -0.4 is 0 Å². The van der Waals surface area contributed by atoms with Gasteiger partial charge in [-0.15, -0.1) is 5.11 Å². The van der Waals surface area contributed by atoms with Gasteiger partial charge in [-0.05, 0) is 21.3 Å². The normalized spacial score (nSPS) is 13.0. The van der Waals surface area contributed by atoms with Crippen LogP contribution in [0.2, 0.25) is 5.11 Å². The zero-order chi connectivity index (χ0) is 10.3. The van der Waals surface area contributed by atoms with Crippen LogP contribution in [0.3, 0.4) is 0 Å². The van der Waals surface area contributed by atoms with Gasteiger partial charge in [0.25, 0.3) is 0 Å². The van der Waals surface area contributed by atoms with E-state index in [1.807, 2.05) is 0 Å². The first-order chi connectivity index (χ1) is 5.75. The van der Waals surface area contributed by atoms with Crippen molar-refractivity contribution < 1.29 is 0 Å². The summed E-state index contributed by atoms with van der Waals surface area (Å²) in [6, 6.07) is 0. The van der Waals surface area contributed by atoms with Crippen LogP contribution in [-0.4, -0.2) is 49.0 Å². The van der Waals surface area contributed by atoms with Crippen molar-refractivity contribution in [1.82, 2.24) is 9.78 Å². The zero-order valence-corrected chi connectivity index (χ0v) is 8.40. The van der Waals surface area contributed by atoms with Crippen LogP contribution in [0.1, 0.15) is 0 Å². The molecule has 0 amide bonds. The number of halogens is 1. The summed E-state index contributed by atoms with van der Waals surface area (Å²) in [5.41, 5.74) is 0. The van der Waals surface area contributed by atoms with Gasteiger partial charge < -0.3 is 0 Å². The average molecular weight is 224 g/mol. The first-order valence-electron chi connectivity index (χ1n) is 3.40. The van der Waals surface area contributed by atoms with Gasteiger partial charge in [0.05, 0.1) is 49.9 Å². The predicted molar refractivity (Wildman–Crippen MR) is 59.4 cm³/mol. The lowest BCUT2D eigenvalue weighted by Gasteiger charge is -2.42. The number of hydrogen-bond acceptors (Lipinski definition) is 1. The van der Waals surface area contributed by atoms with Crippen LogP contribution in [0.5, 0.6) is 0 Å². The van der Waals surface area contributed by atoms with Gasteiger partial charge in [0.1, 0.15) is 0 Å². The van der Waals surface area contributed by atoms with Crippen molar-refractivity contribution in [3.63, 3.8) is 0 Å². The minimum absolute atomic E-state index is 0.706. The van der Waals surface area contributed by atoms with Crippen LogP contribution in [0.4, 0.5) is 0 Å². The fraction of sp³-hybridized carbons (Fsp3) is 0.400. The Balaban J connectivity index is 3.07. The second-order valence-electron chi connectivity index (χ2n) is 2.86. The van der Waals surface area contributed by atoms with E-state index in [0.29, 0.717) is 4.47 Å². The molecule has 1 aromatic rings. The van der Waals surface area contributed by atoms with Gasteiger partial charge in [-0.3, -0.25) is 4.68 Å². The Bertz CT molecular complexity index is 304. The van der Waals surface area contributed by atoms with Crippen LogP contribution >= 0.6 is 15.9 Å². The quantitative estimate of drug-likeness (QED) is 0.599. The topological polar surface area (TPSA) is 17.8 Å². The van der Waals surface area contributed by atoms with Crippen molar-refractivity contribution in [1.29, 1.82) is 0 Å². The van der Waals surface area contributed by atoms with Crippen LogP contribution in [0.15, 0.2) is 16.9 Å². The summed E-state index contributed by atoms with van der Waals surface area (Å²) in [6.45, 7) is 0. The highest BCUT2D eigenvalue weighted by Crippen LogP contribution is 2.29. The third-order valence-corrected chi connectivity index (χ3v) is 2.03. The van der Waals surface area contributed by atoms with E-state index in [9.17, 15) is 0 Å². The monoisotopic (exact) mass is 224 g/mol. The van der Waals surface area contributed by atoms with Crippen LogP contribution in [0.25, 0.3) is 0 Å². The predicted octanol–water partition coefficient (Wildman–Crippen LogP) is -0.828. The van der Waals surface area contributed by atoms with Crippen molar-refractivity contribution in [2.45, 2.75) is 10.5 Å². The Labute approximate surface area is 92.4 Å². The van der Waals surface area contributed by atoms with E-state index >= 15 is 0 Å². The van der Waals surface area contributed by atoms with Crippen LogP contribution in [-0.2, 0) is 5.34 Å². The molecule has 0 fully saturated rings. The number of aromatic nitrogens is 2. The smallest absolute Gasteiger partial charge is 0.0908 e. The molecule has 0 saturated heterocycles. The third kappa shape index (κ3) is 2.09. The molecule has 13 heavy (non-hydrogen) atoms. The number of rotatable bonds is 2. The molecule has 1 heterocycles. The molecule has 8 heteroatoms. The minimum Gasteiger partial charge on any atom is -0.285 e. The van der Waals surface area contributed by atoms with Gasteiger partial charge in [0.2, 0.25) is 0 Å². The highest BCUT2D eigenvalue weighted by Gasteiger charge is 2.32. The Kier molecular flexibility index (Phi) is 2.82. The number of hydrogen-bond donors (Lipinski definition) is 0. The molecule has 0 spiro atoms. The van der Waals surface area contributed by atoms with Crippen molar-refractivity contribution in [3.8, 4) is 0 Å². The highest BCUT2D eigenvalue weighted by atomic mass is 79.9. The van der Waals surface area contributed by atoms with E-state index in [1.165, 1.54) is 17.1 Å². The van der Waals surface area contributed by atoms with E-state index < -0.39 is 10.5 Å². The largest absolute Gasteiger partial charge is 0.285 e. The molecular weight excluding hydrogens is 222 g/mol. The van der Waals surface area contributed by atoms with Gasteiger partial charge in [-0.25, -0.2) is 0 Å². The summed E-state index contributed by atoms with van der Waals surface area (Å²) >= 11 is 3.17. The summed E-state index contributed by atoms with van der Waals surface area (Å²) in [6.07, 6.45) is 3.03. The first kappa shape index (κ1) is 11.1. The standard InChI is InChI=1S/C5H2B5BrN2/c6-4(7,8)5(9,10)13-2-3(11)1-12-13/h1-2H. The van der Waals surface area contributed by atoms with Gasteiger partial charge in [0, 0.05) is 6.20 Å². The molecule has 0 aliphatic carbocycles. The molecular formula is C5H2B5BrN2. The lowest BCUT2D eigenvalue weighted by Crippen LogP contribution is -2.48. The molecule has 0 aromatic carbocycles. The van der Waals surface area contributed by atoms with Crippen molar-refractivity contribution >= 4 is 55.2 Å². The van der Waals surface area contributed by atoms with E-state index in [-0.39, 0.29) is 0 Å². The minimum atomic E-state index is -1.75. The molecule has 1 aromatic heterocycles. The maximum absolute atomic E-state index is 5.61. The molecule has 10 radical (unpaired) electrons. The van der Waals surface area contributed by atoms with Crippen molar-refractivity contribution in [3.05, 3.63) is 16.9 Å². The second kappa shape index (κ2) is 3.30. The lowest BCUT2D eigenvalue weighted by molar-refractivity contribution is 0.531. The zero-order valence-electron chi connectivity index (χ0n) is 6.81. The summed E-state index contributed by atoms with van der Waals surface area (Å²) in [4.78, 5) is 0. The van der Waals surface area contributed by atoms with Gasteiger partial charge in [-0.2, -0.15) is 5.10 Å². The molecule has 0 bridgehead atoms. The van der Waals surface area contributed by atoms with Gasteiger partial charge in [0.15, 0.2) is 0 Å². The van der Waals surface area contributed by atoms with Gasteiger partial charge in [-0.1, -0.05) is 0 Å². The Morgan fingerprint density at radius 3 is 2.08 bits per heavy atom. The van der Waals surface area contributed by atoms with E-state index in [0.717, 1.165) is 0 Å². The SMILES string of the molecule is [B]C([B])([B])C([B])([B])n1cc(Br)cn1. The van der Waals surface area contributed by atoms with E-state index in [4.69, 9.17) is 39.2 Å². The number of nitrogens with zero attached hydrogens (tertiary/aromatic N) is 2. The Morgan fingerprint density at radius 1 is 1.23 bits per heavy atom. The molecule has 2 nitrogen and oxygen atoms in total. The lowest BCUT2D eigenvalue weighted by atomic mass is 9.26. The third-order valence-electron chi connectivity index (χ3n) is 1.62. The fourth-order valence-electron chi connectivity index (χ4n) is 0.702. The van der Waals surface area contributed by atoms with Crippen molar-refractivity contribution in [2.24, 2.45) is 0 Å². The second-order valence-corrected chi connectivity index (χ2v) is 3.78. The van der Waals surface area contributed by atoms with Gasteiger partial charge >= 0.3 is 0 Å². The molecule has 0 aliphatic heterocycles. The Morgan fingerprint density at radius 2 is 1.77 bits per heavy atom. The summed E-state index contributed by atoms with van der Waals surface area (Å²) in [7, 11) is 27.4. The molecule has 0 N–H and O–H groups in total. The Hall–Kier alpha value is 0.0147. The summed E-state index contributed by atoms with van der Waals surface area (Å²) < 4.78 is 1.90. The highest BCUT2D eigenvalue weighted by molar-refractivity contribution is 9.10. The van der Waals surface area contributed by atoms with Crippen molar-refractivity contribution in [2.75, 3.05) is 0 Å². The average Bonchev–Trinajstić information content (AvgIpc) is 2.33. The maximum Gasteiger partial charge on any atom is 0.0908 e. The molecule has 54 valence electrons. The van der Waals surface area contributed by atoms with E-state index in [2.05, 4.69) is 21.0 Å². The molecule has 0 saturated carbocycles. The van der Waals surface area contributed by atoms with Crippen LogP contribution in [0, 0.1) is 0 Å².